The second-order valence-corrected chi connectivity index (χ2v) is 7.77. The van der Waals surface area contributed by atoms with Crippen LogP contribution in [0, 0.1) is 17.3 Å². The van der Waals surface area contributed by atoms with Crippen LogP contribution in [-0.4, -0.2) is 18.7 Å². The van der Waals surface area contributed by atoms with Crippen LogP contribution in [0.1, 0.15) is 38.2 Å². The summed E-state index contributed by atoms with van der Waals surface area (Å²) in [7, 11) is 0. The van der Waals surface area contributed by atoms with Crippen LogP contribution in [-0.2, 0) is 4.79 Å². The topological polar surface area (TPSA) is 50.7 Å². The van der Waals surface area contributed by atoms with Crippen molar-refractivity contribution in [3.05, 3.63) is 40.9 Å². The average Bonchev–Trinajstić information content (AvgIpc) is 3.19. The molecule has 2 saturated carbocycles. The second kappa shape index (κ2) is 7.09. The van der Waals surface area contributed by atoms with Crippen molar-refractivity contribution in [3.8, 4) is 5.75 Å². The molecular weight excluding hydrogens is 368 g/mol. The molecule has 2 aliphatic carbocycles. The summed E-state index contributed by atoms with van der Waals surface area (Å²) >= 11 is 3.44. The molecule has 1 N–H and O–H groups in total. The van der Waals surface area contributed by atoms with Crippen molar-refractivity contribution in [3.63, 3.8) is 0 Å². The highest BCUT2D eigenvalue weighted by atomic mass is 79.9. The van der Waals surface area contributed by atoms with Gasteiger partial charge in [-0.25, -0.2) is 5.43 Å². The number of rotatable bonds is 6. The highest BCUT2D eigenvalue weighted by molar-refractivity contribution is 9.10. The van der Waals surface area contributed by atoms with Gasteiger partial charge in [0, 0.05) is 16.0 Å². The molecule has 3 atom stereocenters. The number of carbonyl (C=O) groups is 1. The van der Waals surface area contributed by atoms with E-state index in [4.69, 9.17) is 4.74 Å². The third-order valence-corrected chi connectivity index (χ3v) is 5.81. The van der Waals surface area contributed by atoms with Gasteiger partial charge in [-0.2, -0.15) is 5.10 Å². The fraction of sp³-hybridized carbons (Fsp3) is 0.474. The normalized spacial score (nSPS) is 28.2. The summed E-state index contributed by atoms with van der Waals surface area (Å²) in [4.78, 5) is 12.4. The fourth-order valence-electron chi connectivity index (χ4n) is 3.99. The average molecular weight is 391 g/mol. The SMILES string of the molecule is C=CCOc1ccc(Br)cc1/C=N\NC(=O)[C@@H]1[C@H]2CCCC[C@]21C. The van der Waals surface area contributed by atoms with Crippen molar-refractivity contribution in [2.75, 3.05) is 6.61 Å². The second-order valence-electron chi connectivity index (χ2n) is 6.85. The van der Waals surface area contributed by atoms with Crippen molar-refractivity contribution >= 4 is 28.1 Å². The van der Waals surface area contributed by atoms with Gasteiger partial charge in [-0.15, -0.1) is 0 Å². The molecule has 2 aliphatic rings. The molecule has 24 heavy (non-hydrogen) atoms. The van der Waals surface area contributed by atoms with Gasteiger partial charge in [0.1, 0.15) is 12.4 Å². The molecule has 0 bridgehead atoms. The smallest absolute Gasteiger partial charge is 0.244 e. The van der Waals surface area contributed by atoms with E-state index < -0.39 is 0 Å². The monoisotopic (exact) mass is 390 g/mol. The molecule has 4 nitrogen and oxygen atoms in total. The number of hydrogen-bond acceptors (Lipinski definition) is 3. The molecule has 5 heteroatoms. The molecule has 0 aromatic heterocycles. The van der Waals surface area contributed by atoms with Crippen LogP contribution >= 0.6 is 15.9 Å². The van der Waals surface area contributed by atoms with Gasteiger partial charge in [-0.1, -0.05) is 48.4 Å². The minimum atomic E-state index is 0.0456. The first-order valence-corrected chi connectivity index (χ1v) is 9.22. The maximum absolute atomic E-state index is 12.4. The molecule has 1 aromatic rings. The molecule has 0 saturated heterocycles. The van der Waals surface area contributed by atoms with E-state index in [0.29, 0.717) is 18.3 Å². The van der Waals surface area contributed by atoms with Gasteiger partial charge in [0.2, 0.25) is 5.91 Å². The van der Waals surface area contributed by atoms with Crippen LogP contribution < -0.4 is 10.2 Å². The van der Waals surface area contributed by atoms with Crippen LogP contribution in [0.2, 0.25) is 0 Å². The molecule has 2 fully saturated rings. The Bertz CT molecular complexity index is 673. The number of hydrazone groups is 1. The Kier molecular flexibility index (Phi) is 5.09. The molecule has 0 aliphatic heterocycles. The quantitative estimate of drug-likeness (QED) is 0.447. The molecule has 0 unspecified atom stereocenters. The maximum atomic E-state index is 12.4. The predicted molar refractivity (Wildman–Crippen MR) is 99.1 cm³/mol. The van der Waals surface area contributed by atoms with Gasteiger partial charge in [-0.3, -0.25) is 4.79 Å². The minimum Gasteiger partial charge on any atom is -0.489 e. The van der Waals surface area contributed by atoms with E-state index in [1.54, 1.807) is 12.3 Å². The number of fused-ring (bicyclic) bond motifs is 1. The van der Waals surface area contributed by atoms with Crippen LogP contribution in [0.5, 0.6) is 5.75 Å². The minimum absolute atomic E-state index is 0.0456. The van der Waals surface area contributed by atoms with Gasteiger partial charge >= 0.3 is 0 Å². The van der Waals surface area contributed by atoms with Crippen molar-refractivity contribution < 1.29 is 9.53 Å². The van der Waals surface area contributed by atoms with Crippen LogP contribution in [0.15, 0.2) is 40.4 Å². The third-order valence-electron chi connectivity index (χ3n) is 5.32. The summed E-state index contributed by atoms with van der Waals surface area (Å²) in [5.74, 6) is 1.42. The summed E-state index contributed by atoms with van der Waals surface area (Å²) < 4.78 is 6.54. The molecular formula is C19H23BrN2O2. The lowest BCUT2D eigenvalue weighted by atomic mass is 9.90. The molecule has 0 radical (unpaired) electrons. The van der Waals surface area contributed by atoms with E-state index in [1.807, 2.05) is 18.2 Å². The molecule has 128 valence electrons. The molecule has 3 rings (SSSR count). The first kappa shape index (κ1) is 17.2. The zero-order valence-electron chi connectivity index (χ0n) is 13.9. The largest absolute Gasteiger partial charge is 0.489 e. The molecule has 1 aromatic carbocycles. The van der Waals surface area contributed by atoms with Gasteiger partial charge in [0.05, 0.1) is 6.21 Å². The van der Waals surface area contributed by atoms with E-state index in [2.05, 4.69) is 40.0 Å². The predicted octanol–water partition coefficient (Wildman–Crippen LogP) is 4.29. The van der Waals surface area contributed by atoms with Gasteiger partial charge < -0.3 is 4.74 Å². The van der Waals surface area contributed by atoms with Crippen LogP contribution in [0.25, 0.3) is 0 Å². The zero-order valence-corrected chi connectivity index (χ0v) is 15.5. The Morgan fingerprint density at radius 2 is 2.38 bits per heavy atom. The third kappa shape index (κ3) is 3.41. The number of nitrogens with one attached hydrogen (secondary N) is 1. The Balaban J connectivity index is 1.63. The Morgan fingerprint density at radius 3 is 3.08 bits per heavy atom. The highest BCUT2D eigenvalue weighted by Gasteiger charge is 2.64. The Morgan fingerprint density at radius 1 is 1.54 bits per heavy atom. The van der Waals surface area contributed by atoms with Gasteiger partial charge in [0.25, 0.3) is 0 Å². The van der Waals surface area contributed by atoms with Crippen molar-refractivity contribution in [2.45, 2.75) is 32.6 Å². The summed E-state index contributed by atoms with van der Waals surface area (Å²) in [6.07, 6.45) is 8.14. The van der Waals surface area contributed by atoms with Crippen molar-refractivity contribution in [1.82, 2.24) is 5.43 Å². The lowest BCUT2D eigenvalue weighted by Crippen LogP contribution is -2.22. The number of nitrogens with zero attached hydrogens (tertiary/aromatic N) is 1. The van der Waals surface area contributed by atoms with E-state index >= 15 is 0 Å². The summed E-state index contributed by atoms with van der Waals surface area (Å²) in [5, 5.41) is 4.15. The first-order chi connectivity index (χ1) is 11.6. The van der Waals surface area contributed by atoms with Gasteiger partial charge in [0.15, 0.2) is 0 Å². The summed E-state index contributed by atoms with van der Waals surface area (Å²) in [6, 6.07) is 5.68. The first-order valence-electron chi connectivity index (χ1n) is 8.42. The number of benzene rings is 1. The number of hydrogen-bond donors (Lipinski definition) is 1. The molecule has 0 spiro atoms. The Hall–Kier alpha value is -1.62. The molecule has 1 amide bonds. The van der Waals surface area contributed by atoms with E-state index in [9.17, 15) is 4.79 Å². The number of halogens is 1. The fourth-order valence-corrected chi connectivity index (χ4v) is 4.36. The summed E-state index contributed by atoms with van der Waals surface area (Å²) in [6.45, 7) is 6.32. The van der Waals surface area contributed by atoms with E-state index in [1.165, 1.54) is 19.3 Å². The summed E-state index contributed by atoms with van der Waals surface area (Å²) in [5.41, 5.74) is 3.73. The van der Waals surface area contributed by atoms with Crippen LogP contribution in [0.4, 0.5) is 0 Å². The van der Waals surface area contributed by atoms with Crippen molar-refractivity contribution in [1.29, 1.82) is 0 Å². The maximum Gasteiger partial charge on any atom is 0.244 e. The standard InChI is InChI=1S/C19H23BrN2O2/c1-3-10-24-16-8-7-14(20)11-13(16)12-21-22-18(23)17-15-6-4-5-9-19(15,17)2/h3,7-8,11-12,15,17H,1,4-6,9-10H2,2H3,(H,22,23)/b21-12-/t15-,17+,19-/m1/s1. The number of amides is 1. The van der Waals surface area contributed by atoms with E-state index in [-0.39, 0.29) is 17.2 Å². The highest BCUT2D eigenvalue weighted by Crippen LogP contribution is 2.66. The lowest BCUT2D eigenvalue weighted by molar-refractivity contribution is -0.123. The molecule has 0 heterocycles. The zero-order chi connectivity index (χ0) is 17.2. The van der Waals surface area contributed by atoms with Gasteiger partial charge in [-0.05, 0) is 42.4 Å². The number of ether oxygens (including phenoxy) is 1. The van der Waals surface area contributed by atoms with E-state index in [0.717, 1.165) is 16.5 Å². The van der Waals surface area contributed by atoms with Crippen LogP contribution in [0.3, 0.4) is 0 Å². The lowest BCUT2D eigenvalue weighted by Gasteiger charge is -2.15. The Labute approximate surface area is 151 Å². The number of carbonyl (C=O) groups excluding carboxylic acids is 1. The van der Waals surface area contributed by atoms with Crippen molar-refractivity contribution in [2.24, 2.45) is 22.4 Å².